The largest absolute Gasteiger partial charge is 0.456 e. The van der Waals surface area contributed by atoms with Crippen LogP contribution in [0.15, 0.2) is 235 Å². The van der Waals surface area contributed by atoms with Crippen LogP contribution in [-0.2, 0) is 0 Å². The second-order valence-corrected chi connectivity index (χ2v) is 16.4. The van der Waals surface area contributed by atoms with Gasteiger partial charge in [0.05, 0.1) is 11.4 Å². The van der Waals surface area contributed by atoms with Gasteiger partial charge < -0.3 is 19.0 Å². The van der Waals surface area contributed by atoms with Crippen molar-refractivity contribution in [2.45, 2.75) is 0 Å². The predicted octanol–water partition coefficient (Wildman–Crippen LogP) is 17.4. The second kappa shape index (κ2) is 14.5. The standard InChI is InChI=1S/C60H38N2O2/c1-4-16-41(17-5-1)61(42-18-6-2-7-19-42)44-33-30-39(31-34-44)40-32-35-48-53-37-51-45-22-10-11-23-46(45)55(38-52(51)49-25-15-29-57(59(49)53)63-58(48)36-40)62(43-20-8-3-9-21-43)54-27-14-26-50-47-24-12-13-28-56(47)64-60(50)54/h1-38H. The highest BCUT2D eigenvalue weighted by Crippen LogP contribution is 2.53. The van der Waals surface area contributed by atoms with Crippen LogP contribution >= 0.6 is 0 Å². The average Bonchev–Trinajstić information content (AvgIpc) is 3.75. The van der Waals surface area contributed by atoms with E-state index in [0.717, 1.165) is 106 Å². The fourth-order valence-corrected chi connectivity index (χ4v) is 9.91. The predicted molar refractivity (Wildman–Crippen MR) is 267 cm³/mol. The number of rotatable bonds is 7. The Morgan fingerprint density at radius 1 is 0.297 bits per heavy atom. The zero-order chi connectivity index (χ0) is 42.1. The van der Waals surface area contributed by atoms with E-state index in [1.807, 2.05) is 12.1 Å². The average molecular weight is 819 g/mol. The molecule has 0 N–H and O–H groups in total. The number of hydrogen-bond acceptors (Lipinski definition) is 4. The number of ether oxygens (including phenoxy) is 1. The highest BCUT2D eigenvalue weighted by Gasteiger charge is 2.26. The molecule has 0 atom stereocenters. The van der Waals surface area contributed by atoms with Crippen molar-refractivity contribution in [3.8, 4) is 33.8 Å². The highest BCUT2D eigenvalue weighted by atomic mass is 16.5. The Balaban J connectivity index is 0.956. The zero-order valence-electron chi connectivity index (χ0n) is 34.7. The third kappa shape index (κ3) is 5.70. The van der Waals surface area contributed by atoms with Gasteiger partial charge in [0.2, 0.25) is 0 Å². The highest BCUT2D eigenvalue weighted by molar-refractivity contribution is 6.26. The summed E-state index contributed by atoms with van der Waals surface area (Å²) in [6.45, 7) is 0. The van der Waals surface area contributed by atoms with Crippen LogP contribution in [0.1, 0.15) is 0 Å². The van der Waals surface area contributed by atoms with Crippen molar-refractivity contribution in [1.82, 2.24) is 0 Å². The summed E-state index contributed by atoms with van der Waals surface area (Å²) in [5.74, 6) is 1.71. The zero-order valence-corrected chi connectivity index (χ0v) is 34.7. The normalized spacial score (nSPS) is 11.9. The number of para-hydroxylation sites is 5. The van der Waals surface area contributed by atoms with Crippen LogP contribution in [0.5, 0.6) is 11.5 Å². The van der Waals surface area contributed by atoms with E-state index in [0.29, 0.717) is 0 Å². The Kier molecular flexibility index (Phi) is 8.18. The maximum absolute atomic E-state index is 6.89. The lowest BCUT2D eigenvalue weighted by Gasteiger charge is -2.28. The van der Waals surface area contributed by atoms with Crippen LogP contribution in [0.4, 0.5) is 34.1 Å². The Bertz CT molecular complexity index is 3710. The summed E-state index contributed by atoms with van der Waals surface area (Å²) in [5, 5.41) is 9.16. The maximum atomic E-state index is 6.89. The lowest BCUT2D eigenvalue weighted by atomic mass is 9.87. The second-order valence-electron chi connectivity index (χ2n) is 16.4. The van der Waals surface area contributed by atoms with Gasteiger partial charge in [-0.3, -0.25) is 0 Å². The fraction of sp³-hybridized carbons (Fsp3) is 0. The summed E-state index contributed by atoms with van der Waals surface area (Å²) in [7, 11) is 0. The molecule has 2 heterocycles. The van der Waals surface area contributed by atoms with Crippen molar-refractivity contribution in [2.75, 3.05) is 9.80 Å². The molecule has 0 saturated carbocycles. The van der Waals surface area contributed by atoms with E-state index in [9.17, 15) is 0 Å². The van der Waals surface area contributed by atoms with Crippen LogP contribution in [0.2, 0.25) is 0 Å². The Hall–Kier alpha value is -8.60. The molecule has 4 heteroatoms. The molecule has 13 rings (SSSR count). The molecule has 11 aromatic carbocycles. The minimum absolute atomic E-state index is 0.853. The minimum atomic E-state index is 0.853. The molecule has 0 aliphatic carbocycles. The third-order valence-corrected chi connectivity index (χ3v) is 12.8. The van der Waals surface area contributed by atoms with Crippen molar-refractivity contribution in [1.29, 1.82) is 0 Å². The van der Waals surface area contributed by atoms with Crippen molar-refractivity contribution in [3.63, 3.8) is 0 Å². The molecule has 0 fully saturated rings. The van der Waals surface area contributed by atoms with E-state index < -0.39 is 0 Å². The Morgan fingerprint density at radius 3 is 1.59 bits per heavy atom. The summed E-state index contributed by atoms with van der Waals surface area (Å²) < 4.78 is 13.6. The molecule has 1 aliphatic heterocycles. The molecule has 0 spiro atoms. The number of hydrogen-bond donors (Lipinski definition) is 0. The molecule has 0 unspecified atom stereocenters. The van der Waals surface area contributed by atoms with Gasteiger partial charge in [-0.05, 0) is 129 Å². The van der Waals surface area contributed by atoms with E-state index in [-0.39, 0.29) is 0 Å². The first-order chi connectivity index (χ1) is 31.7. The molecular formula is C60H38N2O2. The van der Waals surface area contributed by atoms with E-state index >= 15 is 0 Å². The van der Waals surface area contributed by atoms with E-state index in [4.69, 9.17) is 9.15 Å². The molecule has 0 amide bonds. The summed E-state index contributed by atoms with van der Waals surface area (Å²) in [6.07, 6.45) is 0. The van der Waals surface area contributed by atoms with Crippen molar-refractivity contribution >= 4 is 88.4 Å². The van der Waals surface area contributed by atoms with Gasteiger partial charge in [0.25, 0.3) is 0 Å². The van der Waals surface area contributed by atoms with Crippen LogP contribution in [0, 0.1) is 0 Å². The van der Waals surface area contributed by atoms with Gasteiger partial charge in [-0.1, -0.05) is 140 Å². The number of furan rings is 1. The quantitative estimate of drug-likeness (QED) is 0.150. The molecular weight excluding hydrogens is 781 g/mol. The number of anilines is 6. The Morgan fingerprint density at radius 2 is 0.859 bits per heavy atom. The van der Waals surface area contributed by atoms with Gasteiger partial charge in [0.15, 0.2) is 5.58 Å². The van der Waals surface area contributed by atoms with E-state index in [1.165, 1.54) is 16.3 Å². The van der Waals surface area contributed by atoms with Gasteiger partial charge in [-0.15, -0.1) is 0 Å². The smallest absolute Gasteiger partial charge is 0.159 e. The fourth-order valence-electron chi connectivity index (χ4n) is 9.91. The molecule has 300 valence electrons. The van der Waals surface area contributed by atoms with Crippen LogP contribution in [-0.4, -0.2) is 0 Å². The van der Waals surface area contributed by atoms with Crippen molar-refractivity contribution < 1.29 is 9.15 Å². The number of nitrogens with zero attached hydrogens (tertiary/aromatic N) is 2. The topological polar surface area (TPSA) is 28.9 Å². The van der Waals surface area contributed by atoms with Gasteiger partial charge in [0, 0.05) is 49.9 Å². The first-order valence-electron chi connectivity index (χ1n) is 21.7. The molecule has 0 bridgehead atoms. The van der Waals surface area contributed by atoms with Gasteiger partial charge in [-0.2, -0.15) is 0 Å². The lowest BCUT2D eigenvalue weighted by molar-refractivity contribution is 0.487. The summed E-state index contributed by atoms with van der Waals surface area (Å²) >= 11 is 0. The van der Waals surface area contributed by atoms with E-state index in [2.05, 4.69) is 228 Å². The molecule has 64 heavy (non-hydrogen) atoms. The van der Waals surface area contributed by atoms with Crippen LogP contribution < -0.4 is 14.5 Å². The number of fused-ring (bicyclic) bond motifs is 9. The van der Waals surface area contributed by atoms with Gasteiger partial charge in [0.1, 0.15) is 17.1 Å². The van der Waals surface area contributed by atoms with Gasteiger partial charge in [-0.25, -0.2) is 0 Å². The monoisotopic (exact) mass is 818 g/mol. The minimum Gasteiger partial charge on any atom is -0.456 e. The van der Waals surface area contributed by atoms with Gasteiger partial charge >= 0.3 is 0 Å². The molecule has 1 aromatic heterocycles. The van der Waals surface area contributed by atoms with Crippen molar-refractivity contribution in [3.05, 3.63) is 231 Å². The molecule has 4 nitrogen and oxygen atoms in total. The van der Waals surface area contributed by atoms with Crippen LogP contribution in [0.3, 0.4) is 0 Å². The lowest BCUT2D eigenvalue weighted by Crippen LogP contribution is -2.11. The number of benzene rings is 11. The molecule has 1 aliphatic rings. The first-order valence-corrected chi connectivity index (χ1v) is 21.7. The molecule has 0 radical (unpaired) electrons. The summed E-state index contributed by atoms with van der Waals surface area (Å²) in [6, 6.07) is 81.9. The third-order valence-electron chi connectivity index (χ3n) is 12.8. The summed E-state index contributed by atoms with van der Waals surface area (Å²) in [5.41, 5.74) is 12.6. The van der Waals surface area contributed by atoms with Crippen LogP contribution in [0.25, 0.3) is 76.5 Å². The maximum Gasteiger partial charge on any atom is 0.159 e. The van der Waals surface area contributed by atoms with Crippen molar-refractivity contribution in [2.24, 2.45) is 0 Å². The summed E-state index contributed by atoms with van der Waals surface area (Å²) in [4.78, 5) is 4.65. The SMILES string of the molecule is c1ccc(N(c2ccccc2)c2ccc(-c3ccc4c(c3)Oc3cccc5c3c-4cc3c4ccccc4c(N(c4ccccc4)c4cccc6c4oc4ccccc46)cc53)cc2)cc1. The van der Waals surface area contributed by atoms with E-state index in [1.54, 1.807) is 0 Å². The molecule has 0 saturated heterocycles. The Labute approximate surface area is 370 Å². The first kappa shape index (κ1) is 36.1. The molecule has 12 aromatic rings.